The van der Waals surface area contributed by atoms with Gasteiger partial charge in [0.2, 0.25) is 11.8 Å². The van der Waals surface area contributed by atoms with Crippen molar-refractivity contribution in [1.82, 2.24) is 10.5 Å². The van der Waals surface area contributed by atoms with Crippen LogP contribution < -0.4 is 30.3 Å². The topological polar surface area (TPSA) is 148 Å². The Morgan fingerprint density at radius 2 is 1.57 bits per heavy atom. The number of carbonyl (C=O) groups is 3. The third-order valence-electron chi connectivity index (χ3n) is 6.60. The highest BCUT2D eigenvalue weighted by atomic mass is 19.1. The van der Waals surface area contributed by atoms with Crippen LogP contribution in [0.1, 0.15) is 12.8 Å². The van der Waals surface area contributed by atoms with E-state index in [2.05, 4.69) is 15.6 Å². The summed E-state index contributed by atoms with van der Waals surface area (Å²) in [4.78, 5) is 41.4. The van der Waals surface area contributed by atoms with Crippen molar-refractivity contribution in [3.05, 3.63) is 78.5 Å². The largest absolute Gasteiger partial charge is 0.493 e. The van der Waals surface area contributed by atoms with E-state index < -0.39 is 41.4 Å². The Balaban J connectivity index is 1.31. The zero-order valence-electron chi connectivity index (χ0n) is 22.1. The summed E-state index contributed by atoms with van der Waals surface area (Å²) in [7, 11) is 1.40. The van der Waals surface area contributed by atoms with Gasteiger partial charge in [-0.15, -0.1) is 0 Å². The Morgan fingerprint density at radius 1 is 0.881 bits per heavy atom. The number of hydrogen-bond donors (Lipinski definition) is 4. The molecule has 1 saturated carbocycles. The molecule has 0 saturated heterocycles. The molecule has 0 spiro atoms. The van der Waals surface area contributed by atoms with Gasteiger partial charge in [-0.1, -0.05) is 0 Å². The fourth-order valence-corrected chi connectivity index (χ4v) is 4.16. The summed E-state index contributed by atoms with van der Waals surface area (Å²) in [6.45, 7) is -0.494. The minimum atomic E-state index is -1.31. The fourth-order valence-electron chi connectivity index (χ4n) is 4.16. The maximum absolute atomic E-state index is 15.1. The van der Waals surface area contributed by atoms with E-state index in [9.17, 15) is 18.8 Å². The number of methoxy groups -OCH3 is 1. The van der Waals surface area contributed by atoms with Crippen LogP contribution in [0.25, 0.3) is 10.9 Å². The third-order valence-corrected chi connectivity index (χ3v) is 6.60. The summed E-state index contributed by atoms with van der Waals surface area (Å²) >= 11 is 0. The molecule has 3 aromatic carbocycles. The van der Waals surface area contributed by atoms with E-state index >= 15 is 4.39 Å². The lowest BCUT2D eigenvalue weighted by atomic mass is 10.0. The summed E-state index contributed by atoms with van der Waals surface area (Å²) in [5.74, 6) is -2.68. The van der Waals surface area contributed by atoms with Crippen molar-refractivity contribution in [3.8, 4) is 23.0 Å². The Morgan fingerprint density at radius 3 is 2.21 bits per heavy atom. The van der Waals surface area contributed by atoms with Crippen LogP contribution in [-0.2, 0) is 14.4 Å². The van der Waals surface area contributed by atoms with Crippen molar-refractivity contribution in [2.24, 2.45) is 5.41 Å². The molecule has 13 heteroatoms. The number of benzene rings is 3. The number of carbonyl (C=O) groups excluding carboxylic acids is 3. The maximum atomic E-state index is 15.1. The number of ether oxygens (including phenoxy) is 3. The van der Waals surface area contributed by atoms with Gasteiger partial charge in [0, 0.05) is 35.1 Å². The van der Waals surface area contributed by atoms with Crippen LogP contribution in [0.4, 0.5) is 20.2 Å². The summed E-state index contributed by atoms with van der Waals surface area (Å²) in [6.07, 6.45) is 2.08. The average Bonchev–Trinajstić information content (AvgIpc) is 3.80. The monoisotopic (exact) mass is 578 g/mol. The van der Waals surface area contributed by atoms with Gasteiger partial charge in [0.1, 0.15) is 17.0 Å². The lowest BCUT2D eigenvalue weighted by molar-refractivity contribution is -0.132. The number of amides is 3. The molecule has 1 aliphatic rings. The van der Waals surface area contributed by atoms with E-state index in [1.807, 2.05) is 0 Å². The standard InChI is InChI=1S/C29H24F2N4O7/c1-40-24-14-21-19(13-25(24)41-15-26(36)35-39)22(8-11-32-21)42-23-7-6-18(12-20(23)31)34-28(38)29(9-10-29)27(37)33-17-4-2-16(30)3-5-17/h2-8,11-14,39H,9-10,15H2,1H3,(H,33,37)(H,34,38)(H,35,36). The number of aromatic nitrogens is 1. The summed E-state index contributed by atoms with van der Waals surface area (Å²) < 4.78 is 44.8. The highest BCUT2D eigenvalue weighted by Gasteiger charge is 2.56. The summed E-state index contributed by atoms with van der Waals surface area (Å²) in [5.41, 5.74) is 1.05. The summed E-state index contributed by atoms with van der Waals surface area (Å²) in [6, 6.07) is 13.5. The van der Waals surface area contributed by atoms with Crippen molar-refractivity contribution < 1.29 is 42.6 Å². The first-order chi connectivity index (χ1) is 20.2. The molecular formula is C29H24F2N4O7. The maximum Gasteiger partial charge on any atom is 0.281 e. The van der Waals surface area contributed by atoms with E-state index in [0.717, 1.165) is 6.07 Å². The molecule has 3 amide bonds. The molecule has 1 aliphatic carbocycles. The van der Waals surface area contributed by atoms with Gasteiger partial charge in [-0.05, 0) is 61.4 Å². The number of nitrogens with zero attached hydrogens (tertiary/aromatic N) is 1. The van der Waals surface area contributed by atoms with Crippen LogP contribution in [0.3, 0.4) is 0 Å². The smallest absolute Gasteiger partial charge is 0.281 e. The van der Waals surface area contributed by atoms with E-state index in [4.69, 9.17) is 19.4 Å². The van der Waals surface area contributed by atoms with Crippen LogP contribution >= 0.6 is 0 Å². The minimum Gasteiger partial charge on any atom is -0.493 e. The Hall–Kier alpha value is -5.30. The predicted octanol–water partition coefficient (Wildman–Crippen LogP) is 4.56. The van der Waals surface area contributed by atoms with Crippen molar-refractivity contribution in [2.75, 3.05) is 24.4 Å². The normalized spacial score (nSPS) is 13.1. The molecule has 4 N–H and O–H groups in total. The minimum absolute atomic E-state index is 0.118. The van der Waals surface area contributed by atoms with Crippen molar-refractivity contribution in [3.63, 3.8) is 0 Å². The van der Waals surface area contributed by atoms with E-state index in [1.165, 1.54) is 67.3 Å². The van der Waals surface area contributed by atoms with Crippen molar-refractivity contribution in [2.45, 2.75) is 12.8 Å². The molecule has 5 rings (SSSR count). The highest BCUT2D eigenvalue weighted by Crippen LogP contribution is 2.47. The predicted molar refractivity (Wildman–Crippen MR) is 146 cm³/mol. The number of hydrogen-bond acceptors (Lipinski definition) is 8. The highest BCUT2D eigenvalue weighted by molar-refractivity contribution is 6.16. The molecular weight excluding hydrogens is 554 g/mol. The molecule has 1 fully saturated rings. The van der Waals surface area contributed by atoms with Gasteiger partial charge in [-0.25, -0.2) is 14.3 Å². The second-order valence-electron chi connectivity index (χ2n) is 9.40. The zero-order chi connectivity index (χ0) is 29.9. The summed E-state index contributed by atoms with van der Waals surface area (Å²) in [5, 5.41) is 14.3. The lowest BCUT2D eigenvalue weighted by Crippen LogP contribution is -2.35. The molecule has 0 bridgehead atoms. The van der Waals surface area contributed by atoms with Gasteiger partial charge in [0.15, 0.2) is 29.7 Å². The van der Waals surface area contributed by atoms with Gasteiger partial charge in [-0.2, -0.15) is 0 Å². The average molecular weight is 579 g/mol. The van der Waals surface area contributed by atoms with E-state index in [1.54, 1.807) is 6.07 Å². The van der Waals surface area contributed by atoms with Gasteiger partial charge in [0.25, 0.3) is 5.91 Å². The zero-order valence-corrected chi connectivity index (χ0v) is 22.1. The quantitative estimate of drug-likeness (QED) is 0.122. The second-order valence-corrected chi connectivity index (χ2v) is 9.40. The number of rotatable bonds is 10. The molecule has 11 nitrogen and oxygen atoms in total. The molecule has 216 valence electrons. The molecule has 0 atom stereocenters. The number of nitrogens with one attached hydrogen (secondary N) is 3. The first-order valence-electron chi connectivity index (χ1n) is 12.6. The van der Waals surface area contributed by atoms with Gasteiger partial charge in [-0.3, -0.25) is 24.6 Å². The van der Waals surface area contributed by atoms with E-state index in [-0.39, 0.29) is 28.7 Å². The molecule has 42 heavy (non-hydrogen) atoms. The number of anilines is 2. The van der Waals surface area contributed by atoms with Crippen molar-refractivity contribution in [1.29, 1.82) is 0 Å². The Labute approximate surface area is 237 Å². The second kappa shape index (κ2) is 11.7. The van der Waals surface area contributed by atoms with Gasteiger partial charge < -0.3 is 24.8 Å². The van der Waals surface area contributed by atoms with Gasteiger partial charge >= 0.3 is 0 Å². The van der Waals surface area contributed by atoms with Crippen LogP contribution in [-0.4, -0.2) is 41.6 Å². The molecule has 1 heterocycles. The van der Waals surface area contributed by atoms with Crippen LogP contribution in [0, 0.1) is 17.0 Å². The first kappa shape index (κ1) is 28.2. The van der Waals surface area contributed by atoms with Crippen LogP contribution in [0.2, 0.25) is 0 Å². The molecule has 0 radical (unpaired) electrons. The number of pyridine rings is 1. The number of halogens is 2. The van der Waals surface area contributed by atoms with Crippen molar-refractivity contribution >= 4 is 40.0 Å². The van der Waals surface area contributed by atoms with Crippen LogP contribution in [0.15, 0.2) is 66.9 Å². The molecule has 4 aromatic rings. The van der Waals surface area contributed by atoms with Gasteiger partial charge in [0.05, 0.1) is 12.6 Å². The van der Waals surface area contributed by atoms with Crippen LogP contribution in [0.5, 0.6) is 23.0 Å². The Kier molecular flexibility index (Phi) is 7.84. The Bertz CT molecular complexity index is 1680. The fraction of sp³-hybridized carbons (Fsp3) is 0.172. The molecule has 0 aliphatic heterocycles. The third kappa shape index (κ3) is 5.90. The molecule has 1 aromatic heterocycles. The van der Waals surface area contributed by atoms with E-state index in [0.29, 0.717) is 29.4 Å². The molecule has 0 unspecified atom stereocenters. The first-order valence-corrected chi connectivity index (χ1v) is 12.6. The lowest BCUT2D eigenvalue weighted by Gasteiger charge is -2.16. The number of fused-ring (bicyclic) bond motifs is 1. The number of hydroxylamine groups is 1. The SMILES string of the molecule is COc1cc2nccc(Oc3ccc(NC(=O)C4(C(=O)Nc5ccc(F)cc5)CC4)cc3F)c2cc1OCC(=O)NO.